The first kappa shape index (κ1) is 13.3. The first-order chi connectivity index (χ1) is 10.3. The van der Waals surface area contributed by atoms with Gasteiger partial charge < -0.3 is 10.2 Å². The minimum atomic E-state index is 0.121. The highest BCUT2D eigenvalue weighted by Crippen LogP contribution is 2.38. The molecule has 0 unspecified atom stereocenters. The summed E-state index contributed by atoms with van der Waals surface area (Å²) in [5.74, 6) is 0.265. The third-order valence-electron chi connectivity index (χ3n) is 3.57. The summed E-state index contributed by atoms with van der Waals surface area (Å²) in [5, 5.41) is 20.6. The molecule has 0 aliphatic carbocycles. The summed E-state index contributed by atoms with van der Waals surface area (Å²) in [6.07, 6.45) is 0.499. The average Bonchev–Trinajstić information content (AvgIpc) is 2.53. The number of hydrogen-bond donors (Lipinski definition) is 2. The maximum absolute atomic E-state index is 10.5. The molecule has 0 atom stereocenters. The molecule has 0 radical (unpaired) electrons. The van der Waals surface area contributed by atoms with E-state index in [0.717, 1.165) is 16.7 Å². The van der Waals surface area contributed by atoms with E-state index in [1.54, 1.807) is 12.1 Å². The second kappa shape index (κ2) is 5.71. The van der Waals surface area contributed by atoms with Gasteiger partial charge in [0.2, 0.25) is 0 Å². The molecule has 0 fully saturated rings. The van der Waals surface area contributed by atoms with Crippen LogP contribution in [0.25, 0.3) is 11.1 Å². The van der Waals surface area contributed by atoms with Gasteiger partial charge in [-0.1, -0.05) is 60.7 Å². The van der Waals surface area contributed by atoms with E-state index >= 15 is 0 Å². The van der Waals surface area contributed by atoms with E-state index in [1.165, 1.54) is 0 Å². The Hall–Kier alpha value is -2.74. The average molecular weight is 276 g/mol. The van der Waals surface area contributed by atoms with Crippen molar-refractivity contribution in [3.8, 4) is 22.6 Å². The van der Waals surface area contributed by atoms with Gasteiger partial charge in [0.25, 0.3) is 0 Å². The summed E-state index contributed by atoms with van der Waals surface area (Å²) < 4.78 is 0. The quantitative estimate of drug-likeness (QED) is 0.746. The fourth-order valence-electron chi connectivity index (χ4n) is 2.45. The highest BCUT2D eigenvalue weighted by Gasteiger charge is 2.13. The Morgan fingerprint density at radius 3 is 1.95 bits per heavy atom. The van der Waals surface area contributed by atoms with Crippen molar-refractivity contribution in [2.45, 2.75) is 6.42 Å². The summed E-state index contributed by atoms with van der Waals surface area (Å²) in [6.45, 7) is 0. The molecule has 2 nitrogen and oxygen atoms in total. The molecule has 0 saturated heterocycles. The van der Waals surface area contributed by atoms with Gasteiger partial charge in [-0.2, -0.15) is 0 Å². The van der Waals surface area contributed by atoms with Crippen molar-refractivity contribution in [1.29, 1.82) is 0 Å². The third-order valence-corrected chi connectivity index (χ3v) is 3.57. The monoisotopic (exact) mass is 276 g/mol. The second-order valence-electron chi connectivity index (χ2n) is 4.99. The van der Waals surface area contributed by atoms with E-state index in [-0.39, 0.29) is 11.5 Å². The van der Waals surface area contributed by atoms with Crippen molar-refractivity contribution in [3.63, 3.8) is 0 Å². The molecule has 2 N–H and O–H groups in total. The van der Waals surface area contributed by atoms with E-state index in [4.69, 9.17) is 0 Å². The summed E-state index contributed by atoms with van der Waals surface area (Å²) in [6, 6.07) is 22.9. The largest absolute Gasteiger partial charge is 0.508 e. The Morgan fingerprint density at radius 1 is 0.667 bits per heavy atom. The highest BCUT2D eigenvalue weighted by molar-refractivity contribution is 5.73. The van der Waals surface area contributed by atoms with Crippen molar-refractivity contribution in [1.82, 2.24) is 0 Å². The molecule has 0 spiro atoms. The molecule has 0 bridgehead atoms. The standard InChI is InChI=1S/C19H16O2/c20-18-12-11-16(15-9-5-2-6-10-15)19(21)17(18)13-14-7-3-1-4-8-14/h1-12,20-21H,13H2. The topological polar surface area (TPSA) is 40.5 Å². The molecule has 0 heterocycles. The molecular weight excluding hydrogens is 260 g/mol. The molecule has 0 aromatic heterocycles. The minimum absolute atomic E-state index is 0.121. The molecule has 0 aliphatic rings. The molecule has 3 rings (SSSR count). The Labute approximate surface area is 123 Å². The fourth-order valence-corrected chi connectivity index (χ4v) is 2.45. The number of phenolic OH excluding ortho intramolecular Hbond substituents is 2. The van der Waals surface area contributed by atoms with Gasteiger partial charge in [-0.25, -0.2) is 0 Å². The van der Waals surface area contributed by atoms with Gasteiger partial charge in [-0.3, -0.25) is 0 Å². The molecule has 0 saturated carbocycles. The van der Waals surface area contributed by atoms with E-state index in [0.29, 0.717) is 12.0 Å². The van der Waals surface area contributed by atoms with Gasteiger partial charge in [0.1, 0.15) is 11.5 Å². The van der Waals surface area contributed by atoms with Gasteiger partial charge in [-0.05, 0) is 23.3 Å². The number of rotatable bonds is 3. The lowest BCUT2D eigenvalue weighted by Crippen LogP contribution is -1.92. The number of phenols is 2. The second-order valence-corrected chi connectivity index (χ2v) is 4.99. The van der Waals surface area contributed by atoms with Crippen LogP contribution in [0.1, 0.15) is 11.1 Å². The van der Waals surface area contributed by atoms with Crippen LogP contribution < -0.4 is 0 Å². The Balaban J connectivity index is 2.05. The van der Waals surface area contributed by atoms with Crippen molar-refractivity contribution in [2.75, 3.05) is 0 Å². The molecule has 0 amide bonds. The Bertz CT molecular complexity index is 734. The van der Waals surface area contributed by atoms with Crippen LogP contribution in [-0.4, -0.2) is 10.2 Å². The van der Waals surface area contributed by atoms with Gasteiger partial charge in [0.15, 0.2) is 0 Å². The zero-order chi connectivity index (χ0) is 14.7. The van der Waals surface area contributed by atoms with E-state index in [9.17, 15) is 10.2 Å². The maximum Gasteiger partial charge on any atom is 0.130 e. The number of benzene rings is 3. The van der Waals surface area contributed by atoms with Crippen LogP contribution in [0.3, 0.4) is 0 Å². The Kier molecular flexibility index (Phi) is 3.61. The lowest BCUT2D eigenvalue weighted by Gasteiger charge is -2.12. The van der Waals surface area contributed by atoms with Crippen molar-refractivity contribution in [3.05, 3.63) is 83.9 Å². The van der Waals surface area contributed by atoms with Gasteiger partial charge in [0.05, 0.1) is 0 Å². The fraction of sp³-hybridized carbons (Fsp3) is 0.0526. The predicted molar refractivity (Wildman–Crippen MR) is 84.5 cm³/mol. The number of aromatic hydroxyl groups is 2. The molecule has 3 aromatic rings. The van der Waals surface area contributed by atoms with E-state index in [2.05, 4.69) is 0 Å². The molecule has 0 aliphatic heterocycles. The molecule has 104 valence electrons. The lowest BCUT2D eigenvalue weighted by molar-refractivity contribution is 0.442. The highest BCUT2D eigenvalue weighted by atomic mass is 16.3. The molecule has 2 heteroatoms. The maximum atomic E-state index is 10.5. The first-order valence-corrected chi connectivity index (χ1v) is 6.89. The molecule has 21 heavy (non-hydrogen) atoms. The zero-order valence-corrected chi connectivity index (χ0v) is 11.5. The van der Waals surface area contributed by atoms with E-state index < -0.39 is 0 Å². The van der Waals surface area contributed by atoms with Crippen LogP contribution in [0.5, 0.6) is 11.5 Å². The van der Waals surface area contributed by atoms with Crippen LogP contribution >= 0.6 is 0 Å². The van der Waals surface area contributed by atoms with Crippen molar-refractivity contribution in [2.24, 2.45) is 0 Å². The van der Waals surface area contributed by atoms with Crippen LogP contribution in [0.4, 0.5) is 0 Å². The van der Waals surface area contributed by atoms with Crippen LogP contribution in [0, 0.1) is 0 Å². The molecule has 3 aromatic carbocycles. The van der Waals surface area contributed by atoms with Crippen LogP contribution in [0.15, 0.2) is 72.8 Å². The third kappa shape index (κ3) is 2.75. The summed E-state index contributed by atoms with van der Waals surface area (Å²) in [5.41, 5.74) is 3.28. The van der Waals surface area contributed by atoms with Gasteiger partial charge in [-0.15, -0.1) is 0 Å². The van der Waals surface area contributed by atoms with Gasteiger partial charge in [0, 0.05) is 17.5 Å². The normalized spacial score (nSPS) is 10.5. The van der Waals surface area contributed by atoms with Crippen LogP contribution in [-0.2, 0) is 6.42 Å². The zero-order valence-electron chi connectivity index (χ0n) is 11.5. The minimum Gasteiger partial charge on any atom is -0.508 e. The Morgan fingerprint density at radius 2 is 1.29 bits per heavy atom. The first-order valence-electron chi connectivity index (χ1n) is 6.89. The number of hydrogen-bond acceptors (Lipinski definition) is 2. The lowest BCUT2D eigenvalue weighted by atomic mass is 9.96. The molecular formula is C19H16O2. The van der Waals surface area contributed by atoms with Crippen molar-refractivity contribution >= 4 is 0 Å². The van der Waals surface area contributed by atoms with E-state index in [1.807, 2.05) is 60.7 Å². The van der Waals surface area contributed by atoms with Crippen LogP contribution in [0.2, 0.25) is 0 Å². The summed E-state index contributed by atoms with van der Waals surface area (Å²) in [7, 11) is 0. The summed E-state index contributed by atoms with van der Waals surface area (Å²) in [4.78, 5) is 0. The van der Waals surface area contributed by atoms with Crippen molar-refractivity contribution < 1.29 is 10.2 Å². The van der Waals surface area contributed by atoms with Gasteiger partial charge >= 0.3 is 0 Å². The predicted octanol–water partition coefficient (Wildman–Crippen LogP) is 4.36. The SMILES string of the molecule is Oc1ccc(-c2ccccc2)c(O)c1Cc1ccccc1. The summed E-state index contributed by atoms with van der Waals surface area (Å²) >= 11 is 0. The smallest absolute Gasteiger partial charge is 0.130 e.